The molecule has 2 aromatic heterocycles. The van der Waals surface area contributed by atoms with Crippen molar-refractivity contribution in [2.24, 2.45) is 0 Å². The summed E-state index contributed by atoms with van der Waals surface area (Å²) in [6, 6.07) is 10.3. The standard InChI is InChI=1S/C23H25N5/c1-2-17-13-25-22(26-14-17)28-12-6-10-23(16-28)11-9-19-15-24-21(27-20(19)23)18-7-4-3-5-8-18/h3-5,7-8,13-15H,2,6,9-12,16H2,1H3. The van der Waals surface area contributed by atoms with Gasteiger partial charge < -0.3 is 4.90 Å². The first-order valence-electron chi connectivity index (χ1n) is 10.3. The van der Waals surface area contributed by atoms with Gasteiger partial charge in [-0.2, -0.15) is 0 Å². The highest BCUT2D eigenvalue weighted by molar-refractivity contribution is 5.56. The van der Waals surface area contributed by atoms with E-state index in [1.54, 1.807) is 0 Å². The van der Waals surface area contributed by atoms with Crippen molar-refractivity contribution < 1.29 is 0 Å². The molecular formula is C23H25N5. The molecule has 3 aromatic rings. The zero-order valence-electron chi connectivity index (χ0n) is 16.3. The lowest BCUT2D eigenvalue weighted by Gasteiger charge is -2.40. The first-order valence-corrected chi connectivity index (χ1v) is 10.3. The molecule has 2 aliphatic rings. The number of rotatable bonds is 3. The zero-order chi connectivity index (χ0) is 19.0. The molecule has 1 aromatic carbocycles. The Bertz CT molecular complexity index is 966. The van der Waals surface area contributed by atoms with E-state index in [1.165, 1.54) is 23.2 Å². The normalized spacial score (nSPS) is 21.1. The average molecular weight is 371 g/mol. The third-order valence-electron chi connectivity index (χ3n) is 6.23. The summed E-state index contributed by atoms with van der Waals surface area (Å²) in [5, 5.41) is 0. The van der Waals surface area contributed by atoms with Crippen LogP contribution in [-0.2, 0) is 18.3 Å². The Kier molecular flexibility index (Phi) is 4.30. The molecule has 1 saturated heterocycles. The summed E-state index contributed by atoms with van der Waals surface area (Å²) in [5.74, 6) is 1.68. The minimum absolute atomic E-state index is 0.0901. The van der Waals surface area contributed by atoms with Crippen molar-refractivity contribution in [3.8, 4) is 11.4 Å². The molecule has 0 N–H and O–H groups in total. The van der Waals surface area contributed by atoms with Gasteiger partial charge in [-0.3, -0.25) is 0 Å². The number of anilines is 1. The van der Waals surface area contributed by atoms with Crippen LogP contribution >= 0.6 is 0 Å². The van der Waals surface area contributed by atoms with E-state index in [0.29, 0.717) is 0 Å². The number of benzene rings is 1. The van der Waals surface area contributed by atoms with Gasteiger partial charge in [-0.15, -0.1) is 0 Å². The van der Waals surface area contributed by atoms with Crippen LogP contribution in [0.3, 0.4) is 0 Å². The third-order valence-corrected chi connectivity index (χ3v) is 6.23. The second-order valence-electron chi connectivity index (χ2n) is 7.98. The van der Waals surface area contributed by atoms with Crippen molar-refractivity contribution in [2.75, 3.05) is 18.0 Å². The fourth-order valence-corrected chi connectivity index (χ4v) is 4.66. The van der Waals surface area contributed by atoms with Gasteiger partial charge in [-0.05, 0) is 43.2 Å². The van der Waals surface area contributed by atoms with Gasteiger partial charge in [0.25, 0.3) is 0 Å². The summed E-state index contributed by atoms with van der Waals surface area (Å²) >= 11 is 0. The van der Waals surface area contributed by atoms with Gasteiger partial charge in [0.1, 0.15) is 0 Å². The summed E-state index contributed by atoms with van der Waals surface area (Å²) in [6.07, 6.45) is 11.5. The smallest absolute Gasteiger partial charge is 0.225 e. The Morgan fingerprint density at radius 2 is 1.82 bits per heavy atom. The van der Waals surface area contributed by atoms with Gasteiger partial charge >= 0.3 is 0 Å². The highest BCUT2D eigenvalue weighted by Crippen LogP contribution is 2.44. The molecule has 0 saturated carbocycles. The van der Waals surface area contributed by atoms with Gasteiger partial charge in [-0.1, -0.05) is 37.3 Å². The van der Waals surface area contributed by atoms with Gasteiger partial charge in [0.2, 0.25) is 5.95 Å². The molecule has 0 radical (unpaired) electrons. The summed E-state index contributed by atoms with van der Waals surface area (Å²) < 4.78 is 0. The van der Waals surface area contributed by atoms with E-state index < -0.39 is 0 Å². The van der Waals surface area contributed by atoms with Gasteiger partial charge in [-0.25, -0.2) is 19.9 Å². The fourth-order valence-electron chi connectivity index (χ4n) is 4.66. The molecule has 1 fully saturated rings. The van der Waals surface area contributed by atoms with Crippen molar-refractivity contribution in [3.63, 3.8) is 0 Å². The Labute approximate surface area is 165 Å². The lowest BCUT2D eigenvalue weighted by molar-refractivity contribution is 0.332. The summed E-state index contributed by atoms with van der Waals surface area (Å²) in [6.45, 7) is 4.09. The minimum Gasteiger partial charge on any atom is -0.340 e. The van der Waals surface area contributed by atoms with Crippen LogP contribution in [0.1, 0.15) is 43.0 Å². The first-order chi connectivity index (χ1) is 13.8. The van der Waals surface area contributed by atoms with Crippen LogP contribution in [0.2, 0.25) is 0 Å². The molecule has 3 heterocycles. The van der Waals surface area contributed by atoms with Crippen molar-refractivity contribution in [3.05, 3.63) is 65.7 Å². The molecule has 1 atom stereocenters. The number of hydrogen-bond acceptors (Lipinski definition) is 5. The molecular weight excluding hydrogens is 346 g/mol. The quantitative estimate of drug-likeness (QED) is 0.697. The lowest BCUT2D eigenvalue weighted by atomic mass is 9.77. The fraction of sp³-hybridized carbons (Fsp3) is 0.391. The molecule has 1 unspecified atom stereocenters. The van der Waals surface area contributed by atoms with E-state index in [2.05, 4.69) is 38.9 Å². The van der Waals surface area contributed by atoms with Crippen LogP contribution in [0.4, 0.5) is 5.95 Å². The summed E-state index contributed by atoms with van der Waals surface area (Å²) in [7, 11) is 0. The topological polar surface area (TPSA) is 54.8 Å². The highest BCUT2D eigenvalue weighted by Gasteiger charge is 2.44. The molecule has 5 rings (SSSR count). The van der Waals surface area contributed by atoms with E-state index >= 15 is 0 Å². The number of aryl methyl sites for hydroxylation is 2. The Morgan fingerprint density at radius 1 is 1.00 bits per heavy atom. The van der Waals surface area contributed by atoms with Crippen molar-refractivity contribution >= 4 is 5.95 Å². The summed E-state index contributed by atoms with van der Waals surface area (Å²) in [4.78, 5) is 21.3. The van der Waals surface area contributed by atoms with E-state index in [-0.39, 0.29) is 5.41 Å². The van der Waals surface area contributed by atoms with E-state index in [9.17, 15) is 0 Å². The second-order valence-corrected chi connectivity index (χ2v) is 7.98. The van der Waals surface area contributed by atoms with E-state index in [4.69, 9.17) is 4.98 Å². The van der Waals surface area contributed by atoms with Crippen molar-refractivity contribution in [2.45, 2.75) is 44.4 Å². The van der Waals surface area contributed by atoms with Crippen LogP contribution in [-0.4, -0.2) is 33.0 Å². The van der Waals surface area contributed by atoms with Crippen molar-refractivity contribution in [1.29, 1.82) is 0 Å². The number of fused-ring (bicyclic) bond motifs is 2. The molecule has 1 spiro atoms. The molecule has 1 aliphatic carbocycles. The lowest BCUT2D eigenvalue weighted by Crippen LogP contribution is -2.46. The predicted molar refractivity (Wildman–Crippen MR) is 110 cm³/mol. The molecule has 0 bridgehead atoms. The number of nitrogens with zero attached hydrogens (tertiary/aromatic N) is 5. The molecule has 1 aliphatic heterocycles. The van der Waals surface area contributed by atoms with Gasteiger partial charge in [0.05, 0.1) is 5.69 Å². The maximum atomic E-state index is 5.08. The predicted octanol–water partition coefficient (Wildman–Crippen LogP) is 3.98. The van der Waals surface area contributed by atoms with E-state index in [1.807, 2.05) is 36.8 Å². The highest BCUT2D eigenvalue weighted by atomic mass is 15.3. The maximum absolute atomic E-state index is 5.08. The molecule has 142 valence electrons. The molecule has 28 heavy (non-hydrogen) atoms. The number of aromatic nitrogens is 4. The Hall–Kier alpha value is -2.82. The van der Waals surface area contributed by atoms with Crippen LogP contribution in [0, 0.1) is 0 Å². The Balaban J connectivity index is 1.48. The maximum Gasteiger partial charge on any atom is 0.225 e. The monoisotopic (exact) mass is 371 g/mol. The van der Waals surface area contributed by atoms with Crippen LogP contribution < -0.4 is 4.90 Å². The number of hydrogen-bond donors (Lipinski definition) is 0. The van der Waals surface area contributed by atoms with Gasteiger partial charge in [0.15, 0.2) is 5.82 Å². The molecule has 5 heteroatoms. The second kappa shape index (κ2) is 6.97. The SMILES string of the molecule is CCc1cnc(N2CCCC3(CCc4cnc(-c5ccccc5)nc43)C2)nc1. The van der Waals surface area contributed by atoms with Crippen molar-refractivity contribution in [1.82, 2.24) is 19.9 Å². The van der Waals surface area contributed by atoms with Gasteiger partial charge in [0, 0.05) is 42.7 Å². The summed E-state index contributed by atoms with van der Waals surface area (Å²) in [5.41, 5.74) is 4.91. The molecule has 0 amide bonds. The Morgan fingerprint density at radius 3 is 2.61 bits per heavy atom. The van der Waals surface area contributed by atoms with E-state index in [0.717, 1.165) is 56.1 Å². The largest absolute Gasteiger partial charge is 0.340 e. The van der Waals surface area contributed by atoms with Crippen LogP contribution in [0.5, 0.6) is 0 Å². The zero-order valence-corrected chi connectivity index (χ0v) is 16.3. The molecule has 5 nitrogen and oxygen atoms in total. The first kappa shape index (κ1) is 17.3. The van der Waals surface area contributed by atoms with Crippen LogP contribution in [0.15, 0.2) is 48.9 Å². The average Bonchev–Trinajstić information content (AvgIpc) is 3.11. The third kappa shape index (κ3) is 2.95. The number of piperidine rings is 1. The minimum atomic E-state index is 0.0901. The van der Waals surface area contributed by atoms with Crippen LogP contribution in [0.25, 0.3) is 11.4 Å².